The Morgan fingerprint density at radius 3 is 2.43 bits per heavy atom. The van der Waals surface area contributed by atoms with Crippen LogP contribution in [0.4, 0.5) is 0 Å². The third-order valence-corrected chi connectivity index (χ3v) is 11.5. The van der Waals surface area contributed by atoms with Gasteiger partial charge in [-0.1, -0.05) is 26.3 Å². The highest BCUT2D eigenvalue weighted by molar-refractivity contribution is 5.92. The summed E-state index contributed by atoms with van der Waals surface area (Å²) in [7, 11) is 1.49. The second-order valence-corrected chi connectivity index (χ2v) is 14.2. The normalized spacial score (nSPS) is 34.1. The van der Waals surface area contributed by atoms with Gasteiger partial charge in [0.15, 0.2) is 5.78 Å². The van der Waals surface area contributed by atoms with E-state index in [9.17, 15) is 14.4 Å². The van der Waals surface area contributed by atoms with Crippen molar-refractivity contribution in [1.82, 2.24) is 0 Å². The van der Waals surface area contributed by atoms with E-state index in [1.807, 2.05) is 26.8 Å². The van der Waals surface area contributed by atoms with Gasteiger partial charge >= 0.3 is 11.9 Å². The lowest BCUT2D eigenvalue weighted by molar-refractivity contribution is -0.159. The first-order valence-electron chi connectivity index (χ1n) is 15.9. The Balaban J connectivity index is 0.000000181. The minimum atomic E-state index is -0.977. The standard InChI is InChI=1S/C22H32O3.C13H16O4/c1-4-20(24)25-19-8-7-17-16-6-5-14-13-15(23)9-11-21(14,2)18(16)10-12-22(17,19)3;1-13(2)7-6-8-10(17-13)5-4-9(12(14)15)11(8)16-3/h13,16-19H,4-12H2,1-3H3;4-5H,6-7H2,1-3H3,(H,14,15). The van der Waals surface area contributed by atoms with E-state index in [1.54, 1.807) is 6.07 Å². The van der Waals surface area contributed by atoms with Gasteiger partial charge in [-0.2, -0.15) is 0 Å². The largest absolute Gasteiger partial charge is 0.495 e. The van der Waals surface area contributed by atoms with E-state index >= 15 is 0 Å². The number of esters is 1. The molecule has 6 atom stereocenters. The molecular weight excluding hydrogens is 532 g/mol. The fourth-order valence-corrected chi connectivity index (χ4v) is 9.07. The van der Waals surface area contributed by atoms with Crippen molar-refractivity contribution in [3.8, 4) is 11.5 Å². The molecule has 7 nitrogen and oxygen atoms in total. The van der Waals surface area contributed by atoms with E-state index < -0.39 is 5.97 Å². The fourth-order valence-electron chi connectivity index (χ4n) is 9.07. The number of carbonyl (C=O) groups excluding carboxylic acids is 2. The van der Waals surface area contributed by atoms with Crippen LogP contribution in [0.1, 0.15) is 115 Å². The minimum Gasteiger partial charge on any atom is -0.495 e. The summed E-state index contributed by atoms with van der Waals surface area (Å²) in [4.78, 5) is 34.9. The van der Waals surface area contributed by atoms with Crippen LogP contribution in [0.5, 0.6) is 11.5 Å². The van der Waals surface area contributed by atoms with Crippen LogP contribution in [0.2, 0.25) is 0 Å². The molecule has 42 heavy (non-hydrogen) atoms. The molecular formula is C35H48O7. The van der Waals surface area contributed by atoms with Crippen LogP contribution in [0.15, 0.2) is 23.8 Å². The van der Waals surface area contributed by atoms with E-state index in [4.69, 9.17) is 19.3 Å². The summed E-state index contributed by atoms with van der Waals surface area (Å²) in [5.41, 5.74) is 2.66. The maximum atomic E-state index is 11.9. The van der Waals surface area contributed by atoms with Crippen LogP contribution in [0, 0.1) is 28.6 Å². The van der Waals surface area contributed by atoms with Gasteiger partial charge in [0.2, 0.25) is 0 Å². The summed E-state index contributed by atoms with van der Waals surface area (Å²) < 4.78 is 16.9. The maximum Gasteiger partial charge on any atom is 0.339 e. The molecule has 3 fully saturated rings. The Bertz CT molecular complexity index is 1280. The Hall–Kier alpha value is -2.83. The number of carboxylic acids is 1. The molecule has 0 spiro atoms. The van der Waals surface area contributed by atoms with Gasteiger partial charge in [-0.3, -0.25) is 9.59 Å². The molecule has 6 rings (SSSR count). The van der Waals surface area contributed by atoms with E-state index in [1.165, 1.54) is 38.0 Å². The van der Waals surface area contributed by atoms with Gasteiger partial charge in [-0.15, -0.1) is 0 Å². The van der Waals surface area contributed by atoms with Gasteiger partial charge in [0.25, 0.3) is 0 Å². The second kappa shape index (κ2) is 11.3. The molecule has 7 heteroatoms. The number of aromatic carboxylic acids is 1. The molecule has 0 bridgehead atoms. The second-order valence-electron chi connectivity index (χ2n) is 14.2. The maximum absolute atomic E-state index is 11.9. The molecule has 0 radical (unpaired) electrons. The van der Waals surface area contributed by atoms with Crippen molar-refractivity contribution in [3.05, 3.63) is 34.9 Å². The zero-order chi connectivity index (χ0) is 30.4. The number of methoxy groups -OCH3 is 1. The topological polar surface area (TPSA) is 99.1 Å². The van der Waals surface area contributed by atoms with E-state index in [2.05, 4.69) is 13.8 Å². The van der Waals surface area contributed by atoms with Gasteiger partial charge in [0.1, 0.15) is 28.8 Å². The van der Waals surface area contributed by atoms with Crippen molar-refractivity contribution in [3.63, 3.8) is 0 Å². The Morgan fingerprint density at radius 2 is 1.74 bits per heavy atom. The molecule has 1 aromatic carbocycles. The van der Waals surface area contributed by atoms with Crippen molar-refractivity contribution < 1.29 is 33.7 Å². The van der Waals surface area contributed by atoms with Gasteiger partial charge in [-0.05, 0) is 113 Å². The van der Waals surface area contributed by atoms with E-state index in [0.29, 0.717) is 29.8 Å². The molecule has 6 unspecified atom stereocenters. The molecule has 4 aliphatic carbocycles. The quantitative estimate of drug-likeness (QED) is 0.372. The third-order valence-electron chi connectivity index (χ3n) is 11.5. The Morgan fingerprint density at radius 1 is 0.976 bits per heavy atom. The number of ether oxygens (including phenoxy) is 3. The molecule has 230 valence electrons. The molecule has 0 aromatic heterocycles. The number of hydrogen-bond acceptors (Lipinski definition) is 6. The van der Waals surface area contributed by atoms with Crippen molar-refractivity contribution in [1.29, 1.82) is 0 Å². The molecule has 0 saturated heterocycles. The summed E-state index contributed by atoms with van der Waals surface area (Å²) in [5.74, 6) is 2.58. The molecule has 0 amide bonds. The zero-order valence-corrected chi connectivity index (χ0v) is 26.2. The third kappa shape index (κ3) is 5.37. The average molecular weight is 581 g/mol. The number of carboxylic acid groups (broad SMARTS) is 1. The first-order valence-corrected chi connectivity index (χ1v) is 15.9. The lowest BCUT2D eigenvalue weighted by Crippen LogP contribution is -2.51. The molecule has 1 aromatic rings. The number of ketones is 1. The molecule has 3 saturated carbocycles. The van der Waals surface area contributed by atoms with Gasteiger partial charge in [-0.25, -0.2) is 4.79 Å². The number of hydrogen-bond donors (Lipinski definition) is 1. The van der Waals surface area contributed by atoms with Gasteiger partial charge in [0.05, 0.1) is 7.11 Å². The fraction of sp³-hybridized carbons (Fsp3) is 0.686. The molecule has 1 heterocycles. The van der Waals surface area contributed by atoms with Gasteiger partial charge < -0.3 is 19.3 Å². The van der Waals surface area contributed by atoms with Crippen LogP contribution < -0.4 is 9.47 Å². The van der Waals surface area contributed by atoms with Crippen molar-refractivity contribution in [2.45, 2.75) is 117 Å². The van der Waals surface area contributed by atoms with Crippen LogP contribution in [-0.2, 0) is 20.7 Å². The number of allylic oxidation sites excluding steroid dienone is 1. The number of rotatable bonds is 4. The van der Waals surface area contributed by atoms with Gasteiger partial charge in [0, 0.05) is 23.8 Å². The average Bonchev–Trinajstić information content (AvgIpc) is 3.28. The highest BCUT2D eigenvalue weighted by Crippen LogP contribution is 2.65. The summed E-state index contributed by atoms with van der Waals surface area (Å²) in [6.07, 6.45) is 12.9. The van der Waals surface area contributed by atoms with Crippen LogP contribution in [-0.4, -0.2) is 41.6 Å². The number of fused-ring (bicyclic) bond motifs is 6. The summed E-state index contributed by atoms with van der Waals surface area (Å²) in [6, 6.07) is 3.24. The Kier molecular flexibility index (Phi) is 8.27. The van der Waals surface area contributed by atoms with E-state index in [0.717, 1.165) is 62.2 Å². The summed E-state index contributed by atoms with van der Waals surface area (Å²) >= 11 is 0. The first kappa shape index (κ1) is 30.6. The zero-order valence-electron chi connectivity index (χ0n) is 26.2. The molecule has 1 aliphatic heterocycles. The van der Waals surface area contributed by atoms with Crippen molar-refractivity contribution in [2.75, 3.05) is 7.11 Å². The number of benzene rings is 1. The van der Waals surface area contributed by atoms with Crippen LogP contribution >= 0.6 is 0 Å². The minimum absolute atomic E-state index is 0.0411. The van der Waals surface area contributed by atoms with Crippen molar-refractivity contribution >= 4 is 17.7 Å². The highest BCUT2D eigenvalue weighted by atomic mass is 16.5. The SMILES string of the molecule is CCC(=O)OC1CCC2C3CCC4=CC(=O)CCC4(C)C3CCC12C.COc1c(C(=O)O)ccc2c1CCC(C)(C)O2. The molecule has 1 N–H and O–H groups in total. The highest BCUT2D eigenvalue weighted by Gasteiger charge is 2.59. The van der Waals surface area contributed by atoms with Crippen molar-refractivity contribution in [2.24, 2.45) is 28.6 Å². The predicted octanol–water partition coefficient (Wildman–Crippen LogP) is 7.34. The summed E-state index contributed by atoms with van der Waals surface area (Å²) in [6.45, 7) is 10.7. The first-order chi connectivity index (χ1) is 19.8. The lowest BCUT2D eigenvalue weighted by Gasteiger charge is -2.57. The molecule has 5 aliphatic rings. The summed E-state index contributed by atoms with van der Waals surface area (Å²) in [5, 5.41) is 9.08. The van der Waals surface area contributed by atoms with Crippen LogP contribution in [0.25, 0.3) is 0 Å². The Labute approximate surface area is 250 Å². The van der Waals surface area contributed by atoms with Crippen LogP contribution in [0.3, 0.4) is 0 Å². The monoisotopic (exact) mass is 580 g/mol. The number of carbonyl (C=O) groups is 3. The smallest absolute Gasteiger partial charge is 0.339 e. The predicted molar refractivity (Wildman–Crippen MR) is 160 cm³/mol. The lowest BCUT2D eigenvalue weighted by atomic mass is 9.47. The van der Waals surface area contributed by atoms with E-state index in [-0.39, 0.29) is 34.1 Å².